The maximum Gasteiger partial charge on any atom is 0.254 e. The Morgan fingerprint density at radius 1 is 1.15 bits per heavy atom. The molecule has 0 aliphatic carbocycles. The van der Waals surface area contributed by atoms with Crippen LogP contribution in [0.5, 0.6) is 11.5 Å². The molecule has 0 bridgehead atoms. The SMILES string of the molecule is CCOc1cc(C(=O)N2CCCC2CCc2ccccc2)ccc1OC. The first-order chi connectivity index (χ1) is 12.7. The predicted molar refractivity (Wildman–Crippen MR) is 103 cm³/mol. The molecule has 0 aromatic heterocycles. The summed E-state index contributed by atoms with van der Waals surface area (Å²) in [6.45, 7) is 3.29. The van der Waals surface area contributed by atoms with Crippen molar-refractivity contribution < 1.29 is 14.3 Å². The van der Waals surface area contributed by atoms with Crippen LogP contribution < -0.4 is 9.47 Å². The normalized spacial score (nSPS) is 16.5. The van der Waals surface area contributed by atoms with E-state index in [1.54, 1.807) is 13.2 Å². The van der Waals surface area contributed by atoms with E-state index in [1.165, 1.54) is 5.56 Å². The first kappa shape index (κ1) is 18.3. The zero-order chi connectivity index (χ0) is 18.4. The number of hydrogen-bond donors (Lipinski definition) is 0. The number of amides is 1. The molecule has 0 radical (unpaired) electrons. The van der Waals surface area contributed by atoms with Gasteiger partial charge < -0.3 is 14.4 Å². The molecule has 1 atom stereocenters. The molecular formula is C22H27NO3. The molecule has 1 saturated heterocycles. The van der Waals surface area contributed by atoms with Gasteiger partial charge in [0.15, 0.2) is 11.5 Å². The molecule has 4 nitrogen and oxygen atoms in total. The largest absolute Gasteiger partial charge is 0.493 e. The van der Waals surface area contributed by atoms with Gasteiger partial charge in [-0.25, -0.2) is 0 Å². The number of carbonyl (C=O) groups is 1. The fraction of sp³-hybridized carbons (Fsp3) is 0.409. The third-order valence-corrected chi connectivity index (χ3v) is 4.96. The third-order valence-electron chi connectivity index (χ3n) is 4.96. The number of aryl methyl sites for hydroxylation is 1. The van der Waals surface area contributed by atoms with Crippen LogP contribution in [0.1, 0.15) is 42.1 Å². The van der Waals surface area contributed by atoms with Crippen molar-refractivity contribution in [3.05, 3.63) is 59.7 Å². The van der Waals surface area contributed by atoms with Gasteiger partial charge in [-0.05, 0) is 56.4 Å². The minimum atomic E-state index is 0.0872. The molecule has 1 fully saturated rings. The summed E-state index contributed by atoms with van der Waals surface area (Å²) >= 11 is 0. The fourth-order valence-corrected chi connectivity index (χ4v) is 3.63. The summed E-state index contributed by atoms with van der Waals surface area (Å²) in [7, 11) is 1.61. The van der Waals surface area contributed by atoms with Crippen molar-refractivity contribution in [2.45, 2.75) is 38.6 Å². The summed E-state index contributed by atoms with van der Waals surface area (Å²) in [6, 6.07) is 16.2. The van der Waals surface area contributed by atoms with Gasteiger partial charge in [-0.15, -0.1) is 0 Å². The molecule has 2 aromatic carbocycles. The highest BCUT2D eigenvalue weighted by molar-refractivity contribution is 5.95. The maximum atomic E-state index is 13.1. The quantitative estimate of drug-likeness (QED) is 0.744. The smallest absolute Gasteiger partial charge is 0.254 e. The zero-order valence-electron chi connectivity index (χ0n) is 15.6. The van der Waals surface area contributed by atoms with E-state index in [2.05, 4.69) is 24.3 Å². The lowest BCUT2D eigenvalue weighted by Gasteiger charge is -2.25. The lowest BCUT2D eigenvalue weighted by molar-refractivity contribution is 0.0730. The predicted octanol–water partition coefficient (Wildman–Crippen LogP) is 4.33. The van der Waals surface area contributed by atoms with Crippen molar-refractivity contribution in [1.82, 2.24) is 4.90 Å². The number of benzene rings is 2. The highest BCUT2D eigenvalue weighted by atomic mass is 16.5. The van der Waals surface area contributed by atoms with Gasteiger partial charge in [0, 0.05) is 18.2 Å². The molecule has 0 spiro atoms. The molecule has 0 N–H and O–H groups in total. The molecule has 1 amide bonds. The van der Waals surface area contributed by atoms with Crippen LogP contribution in [0.3, 0.4) is 0 Å². The molecule has 1 heterocycles. The molecule has 1 aliphatic rings. The number of carbonyl (C=O) groups excluding carboxylic acids is 1. The van der Waals surface area contributed by atoms with E-state index in [4.69, 9.17) is 9.47 Å². The summed E-state index contributed by atoms with van der Waals surface area (Å²) in [6.07, 6.45) is 4.15. The van der Waals surface area contributed by atoms with Crippen molar-refractivity contribution >= 4 is 5.91 Å². The average molecular weight is 353 g/mol. The minimum Gasteiger partial charge on any atom is -0.493 e. The topological polar surface area (TPSA) is 38.8 Å². The second-order valence-electron chi connectivity index (χ2n) is 6.62. The van der Waals surface area contributed by atoms with E-state index < -0.39 is 0 Å². The molecular weight excluding hydrogens is 326 g/mol. The maximum absolute atomic E-state index is 13.1. The van der Waals surface area contributed by atoms with Crippen molar-refractivity contribution in [2.24, 2.45) is 0 Å². The van der Waals surface area contributed by atoms with Gasteiger partial charge in [-0.3, -0.25) is 4.79 Å². The van der Waals surface area contributed by atoms with E-state index >= 15 is 0 Å². The highest BCUT2D eigenvalue weighted by Gasteiger charge is 2.29. The van der Waals surface area contributed by atoms with E-state index in [1.807, 2.05) is 30.0 Å². The molecule has 0 saturated carbocycles. The van der Waals surface area contributed by atoms with Gasteiger partial charge in [0.25, 0.3) is 5.91 Å². The summed E-state index contributed by atoms with van der Waals surface area (Å²) in [5.74, 6) is 1.37. The first-order valence-electron chi connectivity index (χ1n) is 9.38. The van der Waals surface area contributed by atoms with Crippen LogP contribution in [0, 0.1) is 0 Å². The van der Waals surface area contributed by atoms with Crippen LogP contribution in [0.2, 0.25) is 0 Å². The van der Waals surface area contributed by atoms with Gasteiger partial charge in [-0.1, -0.05) is 30.3 Å². The Kier molecular flexibility index (Phi) is 6.16. The molecule has 4 heteroatoms. The second kappa shape index (κ2) is 8.75. The van der Waals surface area contributed by atoms with Crippen LogP contribution in [0.4, 0.5) is 0 Å². The molecule has 2 aromatic rings. The van der Waals surface area contributed by atoms with Crippen molar-refractivity contribution in [2.75, 3.05) is 20.3 Å². The second-order valence-corrected chi connectivity index (χ2v) is 6.62. The van der Waals surface area contributed by atoms with Gasteiger partial charge in [0.2, 0.25) is 0 Å². The van der Waals surface area contributed by atoms with Crippen molar-refractivity contribution in [3.63, 3.8) is 0 Å². The number of rotatable bonds is 7. The van der Waals surface area contributed by atoms with Gasteiger partial charge in [-0.2, -0.15) is 0 Å². The summed E-state index contributed by atoms with van der Waals surface area (Å²) in [4.78, 5) is 15.1. The van der Waals surface area contributed by atoms with E-state index in [0.717, 1.165) is 32.2 Å². The van der Waals surface area contributed by atoms with Crippen LogP contribution in [0.15, 0.2) is 48.5 Å². The highest BCUT2D eigenvalue weighted by Crippen LogP contribution is 2.30. The number of methoxy groups -OCH3 is 1. The van der Waals surface area contributed by atoms with Crippen LogP contribution in [-0.2, 0) is 6.42 Å². The van der Waals surface area contributed by atoms with E-state index in [-0.39, 0.29) is 5.91 Å². The Bertz CT molecular complexity index is 729. The molecule has 138 valence electrons. The number of nitrogens with zero attached hydrogens (tertiary/aromatic N) is 1. The van der Waals surface area contributed by atoms with Crippen molar-refractivity contribution in [1.29, 1.82) is 0 Å². The van der Waals surface area contributed by atoms with Gasteiger partial charge >= 0.3 is 0 Å². The Labute approximate surface area is 155 Å². The van der Waals surface area contributed by atoms with Crippen molar-refractivity contribution in [3.8, 4) is 11.5 Å². The standard InChI is InChI=1S/C22H27NO3/c1-3-26-21-16-18(12-14-20(21)25-2)22(24)23-15-7-10-19(23)13-11-17-8-5-4-6-9-17/h4-6,8-9,12,14,16,19H,3,7,10-11,13,15H2,1-2H3. The van der Waals surface area contributed by atoms with E-state index in [0.29, 0.717) is 29.7 Å². The van der Waals surface area contributed by atoms with Crippen LogP contribution in [0.25, 0.3) is 0 Å². The Balaban J connectivity index is 1.70. The zero-order valence-corrected chi connectivity index (χ0v) is 15.6. The lowest BCUT2D eigenvalue weighted by Crippen LogP contribution is -2.35. The van der Waals surface area contributed by atoms with Gasteiger partial charge in [0.05, 0.1) is 13.7 Å². The summed E-state index contributed by atoms with van der Waals surface area (Å²) in [5.41, 5.74) is 2.00. The van der Waals surface area contributed by atoms with Crippen LogP contribution >= 0.6 is 0 Å². The average Bonchev–Trinajstić information content (AvgIpc) is 3.15. The van der Waals surface area contributed by atoms with Gasteiger partial charge in [0.1, 0.15) is 0 Å². The molecule has 26 heavy (non-hydrogen) atoms. The third kappa shape index (κ3) is 4.18. The lowest BCUT2D eigenvalue weighted by atomic mass is 10.0. The minimum absolute atomic E-state index is 0.0872. The van der Waals surface area contributed by atoms with Crippen LogP contribution in [-0.4, -0.2) is 37.1 Å². The first-order valence-corrected chi connectivity index (χ1v) is 9.38. The Morgan fingerprint density at radius 2 is 1.96 bits per heavy atom. The fourth-order valence-electron chi connectivity index (χ4n) is 3.63. The number of likely N-dealkylation sites (tertiary alicyclic amines) is 1. The Morgan fingerprint density at radius 3 is 2.69 bits per heavy atom. The summed E-state index contributed by atoms with van der Waals surface area (Å²) in [5, 5.41) is 0. The summed E-state index contributed by atoms with van der Waals surface area (Å²) < 4.78 is 10.9. The monoisotopic (exact) mass is 353 g/mol. The number of hydrogen-bond acceptors (Lipinski definition) is 3. The molecule has 3 rings (SSSR count). The molecule has 1 unspecified atom stereocenters. The molecule has 1 aliphatic heterocycles. The number of ether oxygens (including phenoxy) is 2. The Hall–Kier alpha value is -2.49. The van der Waals surface area contributed by atoms with E-state index in [9.17, 15) is 4.79 Å².